The van der Waals surface area contributed by atoms with Gasteiger partial charge >= 0.3 is 6.18 Å². The maximum atomic E-state index is 12.1. The Balaban J connectivity index is 1.92. The lowest BCUT2D eigenvalue weighted by Crippen LogP contribution is -2.37. The lowest BCUT2D eigenvalue weighted by Gasteiger charge is -2.11. The van der Waals surface area contributed by atoms with Gasteiger partial charge < -0.3 is 10.6 Å². The highest BCUT2D eigenvalue weighted by molar-refractivity contribution is 8.02. The van der Waals surface area contributed by atoms with Crippen LogP contribution in [0.15, 0.2) is 22.5 Å². The molecule has 5 nitrogen and oxygen atoms in total. The topological polar surface area (TPSA) is 66.9 Å². The summed E-state index contributed by atoms with van der Waals surface area (Å²) < 4.78 is 36.9. The average molecular weight is 390 g/mol. The summed E-state index contributed by atoms with van der Waals surface area (Å²) in [6.45, 7) is 4.20. The SMILES string of the molecule is Cc1ccc(Nc2nnc(SC(C)C(=O)NCC(F)(F)F)s2)cc1C. The van der Waals surface area contributed by atoms with Gasteiger partial charge in [-0.3, -0.25) is 4.79 Å². The molecule has 2 rings (SSSR count). The molecule has 25 heavy (non-hydrogen) atoms. The molecule has 0 saturated heterocycles. The van der Waals surface area contributed by atoms with Crippen molar-refractivity contribution in [2.45, 2.75) is 36.5 Å². The molecule has 0 spiro atoms. The zero-order chi connectivity index (χ0) is 18.6. The van der Waals surface area contributed by atoms with Crippen LogP contribution in [0.2, 0.25) is 0 Å². The molecule has 0 aliphatic carbocycles. The minimum atomic E-state index is -4.42. The molecule has 1 aromatic carbocycles. The molecule has 1 aromatic heterocycles. The van der Waals surface area contributed by atoms with Gasteiger partial charge in [0.1, 0.15) is 6.54 Å². The van der Waals surface area contributed by atoms with E-state index in [1.165, 1.54) is 23.8 Å². The van der Waals surface area contributed by atoms with Crippen molar-refractivity contribution >= 4 is 39.8 Å². The molecule has 0 radical (unpaired) electrons. The Labute approximate surface area is 151 Å². The van der Waals surface area contributed by atoms with Gasteiger partial charge in [-0.25, -0.2) is 0 Å². The second kappa shape index (κ2) is 8.05. The molecule has 0 aliphatic heterocycles. The summed E-state index contributed by atoms with van der Waals surface area (Å²) in [5, 5.41) is 12.8. The van der Waals surface area contributed by atoms with E-state index in [2.05, 4.69) is 15.5 Å². The summed E-state index contributed by atoms with van der Waals surface area (Å²) in [6, 6.07) is 5.89. The number of amides is 1. The van der Waals surface area contributed by atoms with Gasteiger partial charge in [0.05, 0.1) is 5.25 Å². The molecular formula is C15H17F3N4OS2. The Hall–Kier alpha value is -1.81. The van der Waals surface area contributed by atoms with Gasteiger partial charge in [-0.05, 0) is 44.0 Å². The van der Waals surface area contributed by atoms with Crippen molar-refractivity contribution in [3.63, 3.8) is 0 Å². The van der Waals surface area contributed by atoms with E-state index < -0.39 is 23.9 Å². The molecule has 0 aliphatic rings. The average Bonchev–Trinajstić information content (AvgIpc) is 2.94. The van der Waals surface area contributed by atoms with Crippen LogP contribution in [-0.2, 0) is 4.79 Å². The molecule has 1 amide bonds. The van der Waals surface area contributed by atoms with Gasteiger partial charge in [0.15, 0.2) is 4.34 Å². The van der Waals surface area contributed by atoms with Crippen molar-refractivity contribution in [2.75, 3.05) is 11.9 Å². The number of nitrogens with one attached hydrogen (secondary N) is 2. The highest BCUT2D eigenvalue weighted by atomic mass is 32.2. The smallest absolute Gasteiger partial charge is 0.346 e. The standard InChI is InChI=1S/C15H17F3N4OS2/c1-8-4-5-11(6-9(8)2)20-13-21-22-14(25-13)24-10(3)12(23)19-7-15(16,17)18/h4-6,10H,7H2,1-3H3,(H,19,23)(H,20,21). The number of carbonyl (C=O) groups excluding carboxylic acids is 1. The van der Waals surface area contributed by atoms with Crippen LogP contribution in [0.1, 0.15) is 18.1 Å². The zero-order valence-corrected chi connectivity index (χ0v) is 15.4. The van der Waals surface area contributed by atoms with Gasteiger partial charge in [-0.2, -0.15) is 13.2 Å². The van der Waals surface area contributed by atoms with Gasteiger partial charge in [-0.15, -0.1) is 10.2 Å². The van der Waals surface area contributed by atoms with Crippen LogP contribution in [0, 0.1) is 13.8 Å². The number of rotatable bonds is 6. The molecule has 0 bridgehead atoms. The summed E-state index contributed by atoms with van der Waals surface area (Å²) in [5.41, 5.74) is 3.18. The van der Waals surface area contributed by atoms with Crippen LogP contribution in [-0.4, -0.2) is 34.1 Å². The Morgan fingerprint density at radius 1 is 1.28 bits per heavy atom. The summed E-state index contributed by atoms with van der Waals surface area (Å²) in [6.07, 6.45) is -4.42. The molecule has 0 fully saturated rings. The van der Waals surface area contributed by atoms with E-state index in [9.17, 15) is 18.0 Å². The summed E-state index contributed by atoms with van der Waals surface area (Å²) >= 11 is 2.30. The molecule has 1 atom stereocenters. The van der Waals surface area contributed by atoms with E-state index in [0.29, 0.717) is 9.47 Å². The molecule has 0 saturated carbocycles. The van der Waals surface area contributed by atoms with Crippen LogP contribution in [0.4, 0.5) is 24.0 Å². The Morgan fingerprint density at radius 3 is 2.64 bits per heavy atom. The first-order chi connectivity index (χ1) is 11.6. The Bertz CT molecular complexity index is 749. The first kappa shape index (κ1) is 19.5. The normalized spacial score (nSPS) is 12.7. The van der Waals surface area contributed by atoms with Crippen LogP contribution in [0.25, 0.3) is 0 Å². The molecular weight excluding hydrogens is 373 g/mol. The third-order valence-corrected chi connectivity index (χ3v) is 5.30. The van der Waals surface area contributed by atoms with Crippen molar-refractivity contribution in [1.29, 1.82) is 0 Å². The summed E-state index contributed by atoms with van der Waals surface area (Å²) in [4.78, 5) is 11.7. The monoisotopic (exact) mass is 390 g/mol. The number of alkyl halides is 3. The fourth-order valence-electron chi connectivity index (χ4n) is 1.79. The van der Waals surface area contributed by atoms with E-state index in [-0.39, 0.29) is 0 Å². The minimum absolute atomic E-state index is 0.501. The van der Waals surface area contributed by atoms with Crippen LogP contribution in [0.3, 0.4) is 0 Å². The zero-order valence-electron chi connectivity index (χ0n) is 13.8. The van der Waals surface area contributed by atoms with Crippen molar-refractivity contribution < 1.29 is 18.0 Å². The predicted molar refractivity (Wildman–Crippen MR) is 93.5 cm³/mol. The van der Waals surface area contributed by atoms with Crippen molar-refractivity contribution in [3.05, 3.63) is 29.3 Å². The second-order valence-corrected chi connectivity index (χ2v) is 7.96. The molecule has 2 N–H and O–H groups in total. The number of halogens is 3. The van der Waals surface area contributed by atoms with Crippen molar-refractivity contribution in [2.24, 2.45) is 0 Å². The quantitative estimate of drug-likeness (QED) is 0.728. The molecule has 1 unspecified atom stereocenters. The number of nitrogens with zero attached hydrogens (tertiary/aromatic N) is 2. The number of carbonyl (C=O) groups is 1. The van der Waals surface area contributed by atoms with E-state index in [1.54, 1.807) is 0 Å². The maximum Gasteiger partial charge on any atom is 0.405 e. The molecule has 1 heterocycles. The maximum absolute atomic E-state index is 12.1. The van der Waals surface area contributed by atoms with E-state index >= 15 is 0 Å². The van der Waals surface area contributed by atoms with Crippen molar-refractivity contribution in [3.8, 4) is 0 Å². The number of hydrogen-bond acceptors (Lipinski definition) is 6. The number of benzene rings is 1. The van der Waals surface area contributed by atoms with Gasteiger partial charge in [-0.1, -0.05) is 29.2 Å². The summed E-state index contributed by atoms with van der Waals surface area (Å²) in [7, 11) is 0. The fraction of sp³-hybridized carbons (Fsp3) is 0.400. The van der Waals surface area contributed by atoms with Gasteiger partial charge in [0, 0.05) is 5.69 Å². The number of aryl methyl sites for hydroxylation is 2. The van der Waals surface area contributed by atoms with Crippen molar-refractivity contribution in [1.82, 2.24) is 15.5 Å². The largest absolute Gasteiger partial charge is 0.405 e. The third kappa shape index (κ3) is 6.20. The number of hydrogen-bond donors (Lipinski definition) is 2. The summed E-state index contributed by atoms with van der Waals surface area (Å²) in [5.74, 6) is -0.693. The number of thioether (sulfide) groups is 1. The Morgan fingerprint density at radius 2 is 2.00 bits per heavy atom. The lowest BCUT2D eigenvalue weighted by molar-refractivity contribution is -0.137. The third-order valence-electron chi connectivity index (χ3n) is 3.27. The molecule has 10 heteroatoms. The highest BCUT2D eigenvalue weighted by Crippen LogP contribution is 2.30. The fourth-order valence-corrected chi connectivity index (χ4v) is 3.73. The van der Waals surface area contributed by atoms with Crippen LogP contribution in [0.5, 0.6) is 0 Å². The van der Waals surface area contributed by atoms with E-state index in [4.69, 9.17) is 0 Å². The van der Waals surface area contributed by atoms with Gasteiger partial charge in [0.2, 0.25) is 11.0 Å². The predicted octanol–water partition coefficient (Wildman–Crippen LogP) is 4.06. The minimum Gasteiger partial charge on any atom is -0.346 e. The molecule has 2 aromatic rings. The highest BCUT2D eigenvalue weighted by Gasteiger charge is 2.29. The first-order valence-corrected chi connectivity index (χ1v) is 9.02. The van der Waals surface area contributed by atoms with Gasteiger partial charge in [0.25, 0.3) is 0 Å². The van der Waals surface area contributed by atoms with Crippen LogP contribution < -0.4 is 10.6 Å². The Kier molecular flexibility index (Phi) is 6.28. The lowest BCUT2D eigenvalue weighted by atomic mass is 10.1. The molecule has 136 valence electrons. The first-order valence-electron chi connectivity index (χ1n) is 7.33. The van der Waals surface area contributed by atoms with E-state index in [0.717, 1.165) is 23.0 Å². The number of anilines is 2. The number of aromatic nitrogens is 2. The second-order valence-electron chi connectivity index (χ2n) is 5.39. The van der Waals surface area contributed by atoms with E-state index in [1.807, 2.05) is 37.4 Å². The van der Waals surface area contributed by atoms with Crippen LogP contribution >= 0.6 is 23.1 Å².